The van der Waals surface area contributed by atoms with Crippen LogP contribution in [0.15, 0.2) is 237 Å². The van der Waals surface area contributed by atoms with Crippen LogP contribution in [0.5, 0.6) is 0 Å². The van der Waals surface area contributed by atoms with Gasteiger partial charge in [-0.05, 0) is 107 Å². The van der Waals surface area contributed by atoms with Gasteiger partial charge in [0, 0.05) is 11.1 Å². The lowest BCUT2D eigenvalue weighted by atomic mass is 9.52. The summed E-state index contributed by atoms with van der Waals surface area (Å²) in [6.07, 6.45) is 0. The van der Waals surface area contributed by atoms with E-state index >= 15 is 0 Å². The molecule has 0 bridgehead atoms. The Labute approximate surface area is 362 Å². The molecule has 3 aliphatic carbocycles. The SMILES string of the molecule is c1ccc(-c2ccc(-c3cc(-c4ccccc4)nc(-c4ccc5c(c4)C4(c6ccccc6-5)c5ccccc5C5(c6ccccc6-c6ccccc65)c5ccccc54)c3)cc2)cc1. The number of fused-ring (bicyclic) bond motifs is 16. The third-order valence-electron chi connectivity index (χ3n) is 14.0. The number of aromatic nitrogens is 1. The third-order valence-corrected chi connectivity index (χ3v) is 14.0. The van der Waals surface area contributed by atoms with E-state index in [-0.39, 0.29) is 0 Å². The van der Waals surface area contributed by atoms with Crippen molar-refractivity contribution < 1.29 is 0 Å². The molecule has 0 unspecified atom stereocenters. The second-order valence-electron chi connectivity index (χ2n) is 16.9. The fourth-order valence-electron chi connectivity index (χ4n) is 11.5. The smallest absolute Gasteiger partial charge is 0.0720 e. The summed E-state index contributed by atoms with van der Waals surface area (Å²) in [5, 5.41) is 0. The predicted molar refractivity (Wildman–Crippen MR) is 254 cm³/mol. The fourth-order valence-corrected chi connectivity index (χ4v) is 11.5. The summed E-state index contributed by atoms with van der Waals surface area (Å²) in [5.41, 5.74) is 23.6. The van der Waals surface area contributed by atoms with Crippen molar-refractivity contribution in [3.8, 4) is 67.0 Å². The standard InChI is InChI=1S/C61H39N/c1-3-17-40(18-4-1)41-31-33-42(34-32-41)45-38-58(43-19-5-2-6-20-43)62-59(39-45)44-35-36-49-48-23-9-12-26-52(48)61(57(49)37-44)55-29-15-13-27-53(55)60(54-28-14-16-30-56(54)61)50-24-10-7-21-46(50)47-22-8-11-25-51(47)60/h1-39H. The Balaban J connectivity index is 1.06. The van der Waals surface area contributed by atoms with Crippen molar-refractivity contribution >= 4 is 0 Å². The molecular formula is C61H39N. The molecule has 0 amide bonds. The molecule has 13 rings (SSSR count). The van der Waals surface area contributed by atoms with E-state index < -0.39 is 10.8 Å². The van der Waals surface area contributed by atoms with E-state index in [0.29, 0.717) is 0 Å². The molecular weight excluding hydrogens is 747 g/mol. The van der Waals surface area contributed by atoms with Gasteiger partial charge in [-0.25, -0.2) is 4.98 Å². The number of pyridine rings is 1. The Morgan fingerprint density at radius 3 is 1.02 bits per heavy atom. The van der Waals surface area contributed by atoms with Gasteiger partial charge in [0.15, 0.2) is 0 Å². The van der Waals surface area contributed by atoms with E-state index in [0.717, 1.165) is 33.6 Å². The molecule has 9 aromatic carbocycles. The summed E-state index contributed by atoms with van der Waals surface area (Å²) < 4.78 is 0. The summed E-state index contributed by atoms with van der Waals surface area (Å²) in [6, 6.07) is 87.7. The maximum atomic E-state index is 5.47. The van der Waals surface area contributed by atoms with E-state index in [9.17, 15) is 0 Å². The molecule has 1 aromatic heterocycles. The first-order valence-electron chi connectivity index (χ1n) is 21.6. The molecule has 0 aliphatic heterocycles. The maximum Gasteiger partial charge on any atom is 0.0720 e. The van der Waals surface area contributed by atoms with Crippen molar-refractivity contribution in [2.75, 3.05) is 0 Å². The largest absolute Gasteiger partial charge is 0.248 e. The molecule has 2 spiro atoms. The van der Waals surface area contributed by atoms with Gasteiger partial charge in [0.1, 0.15) is 0 Å². The minimum Gasteiger partial charge on any atom is -0.248 e. The summed E-state index contributed by atoms with van der Waals surface area (Å²) in [4.78, 5) is 5.47. The van der Waals surface area contributed by atoms with E-state index in [1.165, 1.54) is 77.9 Å². The average Bonchev–Trinajstić information content (AvgIpc) is 3.82. The summed E-state index contributed by atoms with van der Waals surface area (Å²) >= 11 is 0. The lowest BCUT2D eigenvalue weighted by Crippen LogP contribution is -2.43. The van der Waals surface area contributed by atoms with Crippen LogP contribution in [0.1, 0.15) is 44.5 Å². The predicted octanol–water partition coefficient (Wildman–Crippen LogP) is 14.8. The lowest BCUT2D eigenvalue weighted by molar-refractivity contribution is 0.633. The Hall–Kier alpha value is -7.87. The van der Waals surface area contributed by atoms with Gasteiger partial charge in [-0.1, -0.05) is 218 Å². The van der Waals surface area contributed by atoms with Crippen molar-refractivity contribution in [2.24, 2.45) is 0 Å². The highest BCUT2D eigenvalue weighted by atomic mass is 14.7. The number of rotatable bonds is 4. The first kappa shape index (κ1) is 34.9. The minimum atomic E-state index is -0.569. The molecule has 0 N–H and O–H groups in total. The number of nitrogens with zero attached hydrogens (tertiary/aromatic N) is 1. The molecule has 1 nitrogen and oxygen atoms in total. The molecule has 1 heteroatoms. The zero-order valence-corrected chi connectivity index (χ0v) is 34.0. The van der Waals surface area contributed by atoms with Gasteiger partial charge in [-0.15, -0.1) is 0 Å². The van der Waals surface area contributed by atoms with Crippen molar-refractivity contribution in [3.05, 3.63) is 281 Å². The Bertz CT molecular complexity index is 3300. The van der Waals surface area contributed by atoms with Gasteiger partial charge in [0.2, 0.25) is 0 Å². The minimum absolute atomic E-state index is 0.475. The van der Waals surface area contributed by atoms with Gasteiger partial charge in [-0.2, -0.15) is 0 Å². The molecule has 0 saturated heterocycles. The van der Waals surface area contributed by atoms with E-state index in [1.54, 1.807) is 0 Å². The topological polar surface area (TPSA) is 12.9 Å². The van der Waals surface area contributed by atoms with Crippen molar-refractivity contribution in [3.63, 3.8) is 0 Å². The quantitative estimate of drug-likeness (QED) is 0.173. The highest BCUT2D eigenvalue weighted by Gasteiger charge is 2.58. The first-order valence-corrected chi connectivity index (χ1v) is 21.6. The van der Waals surface area contributed by atoms with Gasteiger partial charge in [0.25, 0.3) is 0 Å². The Morgan fingerprint density at radius 1 is 0.210 bits per heavy atom. The van der Waals surface area contributed by atoms with Crippen molar-refractivity contribution in [2.45, 2.75) is 10.8 Å². The Morgan fingerprint density at radius 2 is 0.532 bits per heavy atom. The third kappa shape index (κ3) is 4.71. The van der Waals surface area contributed by atoms with Crippen LogP contribution in [0, 0.1) is 0 Å². The van der Waals surface area contributed by atoms with Gasteiger partial charge >= 0.3 is 0 Å². The van der Waals surface area contributed by atoms with Gasteiger partial charge in [-0.3, -0.25) is 0 Å². The molecule has 288 valence electrons. The monoisotopic (exact) mass is 785 g/mol. The van der Waals surface area contributed by atoms with Crippen LogP contribution in [-0.4, -0.2) is 4.98 Å². The molecule has 10 aromatic rings. The van der Waals surface area contributed by atoms with E-state index in [1.807, 2.05) is 0 Å². The van der Waals surface area contributed by atoms with Crippen LogP contribution in [0.25, 0.3) is 67.0 Å². The van der Waals surface area contributed by atoms with Crippen LogP contribution < -0.4 is 0 Å². The van der Waals surface area contributed by atoms with Crippen LogP contribution in [-0.2, 0) is 10.8 Å². The highest BCUT2D eigenvalue weighted by molar-refractivity contribution is 5.94. The molecule has 0 fully saturated rings. The second kappa shape index (κ2) is 13.3. The van der Waals surface area contributed by atoms with Gasteiger partial charge in [0.05, 0.1) is 22.2 Å². The number of hydrogen-bond donors (Lipinski definition) is 0. The summed E-state index contributed by atoms with van der Waals surface area (Å²) in [7, 11) is 0. The zero-order valence-electron chi connectivity index (χ0n) is 34.0. The van der Waals surface area contributed by atoms with E-state index in [2.05, 4.69) is 237 Å². The zero-order chi connectivity index (χ0) is 40.8. The number of hydrogen-bond acceptors (Lipinski definition) is 1. The molecule has 62 heavy (non-hydrogen) atoms. The van der Waals surface area contributed by atoms with Crippen LogP contribution in [0.2, 0.25) is 0 Å². The fraction of sp³-hybridized carbons (Fsp3) is 0.0328. The molecule has 1 heterocycles. The average molecular weight is 786 g/mol. The van der Waals surface area contributed by atoms with Crippen LogP contribution in [0.4, 0.5) is 0 Å². The first-order chi connectivity index (χ1) is 30.7. The molecule has 0 radical (unpaired) electrons. The Kier molecular flexibility index (Phi) is 7.50. The van der Waals surface area contributed by atoms with E-state index in [4.69, 9.17) is 4.98 Å². The maximum absolute atomic E-state index is 5.47. The highest BCUT2D eigenvalue weighted by Crippen LogP contribution is 2.67. The summed E-state index contributed by atoms with van der Waals surface area (Å²) in [6.45, 7) is 0. The molecule has 3 aliphatic rings. The second-order valence-corrected chi connectivity index (χ2v) is 16.9. The molecule has 0 atom stereocenters. The lowest BCUT2D eigenvalue weighted by Gasteiger charge is -2.48. The molecule has 0 saturated carbocycles. The van der Waals surface area contributed by atoms with Gasteiger partial charge < -0.3 is 0 Å². The normalized spacial score (nSPS) is 14.1. The van der Waals surface area contributed by atoms with Crippen molar-refractivity contribution in [1.82, 2.24) is 4.98 Å². The van der Waals surface area contributed by atoms with Crippen LogP contribution >= 0.6 is 0 Å². The number of benzene rings is 9. The van der Waals surface area contributed by atoms with Crippen LogP contribution in [0.3, 0.4) is 0 Å². The summed E-state index contributed by atoms with van der Waals surface area (Å²) in [5.74, 6) is 0. The van der Waals surface area contributed by atoms with Crippen molar-refractivity contribution in [1.29, 1.82) is 0 Å².